The SMILES string of the molecule is N#C/C=C/N1CCCCCC1. The van der Waals surface area contributed by atoms with Gasteiger partial charge < -0.3 is 4.90 Å². The first-order chi connectivity index (χ1) is 5.43. The maximum Gasteiger partial charge on any atom is 0.0927 e. The fraction of sp³-hybridized carbons (Fsp3) is 0.667. The van der Waals surface area contributed by atoms with Crippen LogP contribution in [0.25, 0.3) is 0 Å². The molecule has 0 atom stereocenters. The monoisotopic (exact) mass is 150 g/mol. The van der Waals surface area contributed by atoms with Crippen molar-refractivity contribution >= 4 is 0 Å². The van der Waals surface area contributed by atoms with Crippen LogP contribution in [0.4, 0.5) is 0 Å². The van der Waals surface area contributed by atoms with Crippen molar-refractivity contribution < 1.29 is 0 Å². The zero-order chi connectivity index (χ0) is 7.94. The van der Waals surface area contributed by atoms with Crippen LogP contribution in [0.3, 0.4) is 0 Å². The van der Waals surface area contributed by atoms with Gasteiger partial charge in [0.2, 0.25) is 0 Å². The maximum atomic E-state index is 8.30. The summed E-state index contributed by atoms with van der Waals surface area (Å²) in [6, 6.07) is 2.01. The molecule has 0 aromatic rings. The summed E-state index contributed by atoms with van der Waals surface area (Å²) in [7, 11) is 0. The van der Waals surface area contributed by atoms with E-state index < -0.39 is 0 Å². The molecule has 0 bridgehead atoms. The van der Waals surface area contributed by atoms with E-state index in [4.69, 9.17) is 5.26 Å². The molecule has 1 heterocycles. The summed E-state index contributed by atoms with van der Waals surface area (Å²) in [6.45, 7) is 2.25. The molecule has 0 amide bonds. The van der Waals surface area contributed by atoms with E-state index in [1.54, 1.807) is 6.08 Å². The van der Waals surface area contributed by atoms with E-state index in [0.29, 0.717) is 0 Å². The summed E-state index contributed by atoms with van der Waals surface area (Å²) in [5.74, 6) is 0. The molecule has 1 aliphatic heterocycles. The van der Waals surface area contributed by atoms with E-state index in [2.05, 4.69) is 4.90 Å². The van der Waals surface area contributed by atoms with Gasteiger partial charge in [0.05, 0.1) is 6.07 Å². The van der Waals surface area contributed by atoms with Gasteiger partial charge in [-0.3, -0.25) is 0 Å². The highest BCUT2D eigenvalue weighted by Gasteiger charge is 2.03. The first-order valence-electron chi connectivity index (χ1n) is 4.24. The van der Waals surface area contributed by atoms with E-state index in [1.807, 2.05) is 12.3 Å². The van der Waals surface area contributed by atoms with Gasteiger partial charge in [0.15, 0.2) is 0 Å². The van der Waals surface area contributed by atoms with Gasteiger partial charge in [-0.15, -0.1) is 0 Å². The fourth-order valence-corrected chi connectivity index (χ4v) is 1.38. The third kappa shape index (κ3) is 3.08. The Kier molecular flexibility index (Phi) is 3.54. The zero-order valence-electron chi connectivity index (χ0n) is 6.79. The van der Waals surface area contributed by atoms with Crippen LogP contribution in [0.1, 0.15) is 25.7 Å². The predicted molar refractivity (Wildman–Crippen MR) is 44.8 cm³/mol. The quantitative estimate of drug-likeness (QED) is 0.534. The first kappa shape index (κ1) is 8.13. The van der Waals surface area contributed by atoms with Gasteiger partial charge in [-0.2, -0.15) is 5.26 Å². The van der Waals surface area contributed by atoms with Crippen molar-refractivity contribution in [1.29, 1.82) is 5.26 Å². The fourth-order valence-electron chi connectivity index (χ4n) is 1.38. The minimum atomic E-state index is 1.12. The summed E-state index contributed by atoms with van der Waals surface area (Å²) in [5, 5.41) is 8.30. The van der Waals surface area contributed by atoms with Gasteiger partial charge in [-0.05, 0) is 12.8 Å². The second-order valence-corrected chi connectivity index (χ2v) is 2.90. The van der Waals surface area contributed by atoms with Gasteiger partial charge in [0.1, 0.15) is 0 Å². The molecule has 11 heavy (non-hydrogen) atoms. The van der Waals surface area contributed by atoms with Crippen molar-refractivity contribution in [2.75, 3.05) is 13.1 Å². The molecule has 0 spiro atoms. The van der Waals surface area contributed by atoms with Crippen LogP contribution in [-0.4, -0.2) is 18.0 Å². The summed E-state index contributed by atoms with van der Waals surface area (Å²) >= 11 is 0. The molecule has 0 unspecified atom stereocenters. The van der Waals surface area contributed by atoms with Gasteiger partial charge in [0, 0.05) is 25.4 Å². The second-order valence-electron chi connectivity index (χ2n) is 2.90. The minimum Gasteiger partial charge on any atom is -0.377 e. The van der Waals surface area contributed by atoms with E-state index in [1.165, 1.54) is 25.7 Å². The topological polar surface area (TPSA) is 27.0 Å². The van der Waals surface area contributed by atoms with Crippen LogP contribution in [0.2, 0.25) is 0 Å². The Morgan fingerprint density at radius 1 is 1.09 bits per heavy atom. The van der Waals surface area contributed by atoms with Crippen LogP contribution < -0.4 is 0 Å². The number of nitrogens with zero attached hydrogens (tertiary/aromatic N) is 2. The van der Waals surface area contributed by atoms with Crippen LogP contribution in [0, 0.1) is 11.3 Å². The van der Waals surface area contributed by atoms with Crippen LogP contribution in [0.15, 0.2) is 12.3 Å². The van der Waals surface area contributed by atoms with Gasteiger partial charge >= 0.3 is 0 Å². The predicted octanol–water partition coefficient (Wildman–Crippen LogP) is 1.90. The van der Waals surface area contributed by atoms with Crippen molar-refractivity contribution in [2.24, 2.45) is 0 Å². The molecule has 0 radical (unpaired) electrons. The van der Waals surface area contributed by atoms with Crippen LogP contribution in [0.5, 0.6) is 0 Å². The average molecular weight is 150 g/mol. The number of nitriles is 1. The Balaban J connectivity index is 2.32. The highest BCUT2D eigenvalue weighted by molar-refractivity contribution is 5.01. The molecule has 0 saturated carbocycles. The van der Waals surface area contributed by atoms with Crippen LogP contribution >= 0.6 is 0 Å². The summed E-state index contributed by atoms with van der Waals surface area (Å²) in [4.78, 5) is 2.23. The number of hydrogen-bond donors (Lipinski definition) is 0. The normalized spacial score (nSPS) is 19.7. The van der Waals surface area contributed by atoms with E-state index in [9.17, 15) is 0 Å². The molecule has 1 saturated heterocycles. The number of allylic oxidation sites excluding steroid dienone is 1. The van der Waals surface area contributed by atoms with E-state index in [-0.39, 0.29) is 0 Å². The molecule has 0 aromatic carbocycles. The Bertz CT molecular complexity index is 159. The molecule has 60 valence electrons. The Morgan fingerprint density at radius 3 is 2.27 bits per heavy atom. The molecule has 1 aliphatic rings. The molecule has 1 fully saturated rings. The molecular weight excluding hydrogens is 136 g/mol. The Morgan fingerprint density at radius 2 is 1.73 bits per heavy atom. The molecule has 0 aromatic heterocycles. The third-order valence-electron chi connectivity index (χ3n) is 2.00. The number of likely N-dealkylation sites (tertiary alicyclic amines) is 1. The summed E-state index contributed by atoms with van der Waals surface area (Å²) in [5.41, 5.74) is 0. The lowest BCUT2D eigenvalue weighted by Gasteiger charge is -2.15. The van der Waals surface area contributed by atoms with E-state index >= 15 is 0 Å². The Hall–Kier alpha value is -0.970. The largest absolute Gasteiger partial charge is 0.377 e. The standard InChI is InChI=1S/C9H14N2/c10-6-5-9-11-7-3-1-2-4-8-11/h5,9H,1-4,7-8H2/b9-5+. The van der Waals surface area contributed by atoms with Crippen molar-refractivity contribution in [3.05, 3.63) is 12.3 Å². The van der Waals surface area contributed by atoms with Crippen molar-refractivity contribution in [2.45, 2.75) is 25.7 Å². The van der Waals surface area contributed by atoms with Crippen molar-refractivity contribution in [3.8, 4) is 6.07 Å². The van der Waals surface area contributed by atoms with Crippen LogP contribution in [-0.2, 0) is 0 Å². The van der Waals surface area contributed by atoms with Gasteiger partial charge in [0.25, 0.3) is 0 Å². The zero-order valence-corrected chi connectivity index (χ0v) is 6.79. The third-order valence-corrected chi connectivity index (χ3v) is 2.00. The highest BCUT2D eigenvalue weighted by atomic mass is 15.1. The Labute approximate surface area is 68.1 Å². The smallest absolute Gasteiger partial charge is 0.0927 e. The minimum absolute atomic E-state index is 1.12. The number of rotatable bonds is 1. The molecule has 0 aliphatic carbocycles. The second kappa shape index (κ2) is 4.79. The lowest BCUT2D eigenvalue weighted by atomic mass is 10.2. The molecular formula is C9H14N2. The number of hydrogen-bond acceptors (Lipinski definition) is 2. The highest BCUT2D eigenvalue weighted by Crippen LogP contribution is 2.09. The molecule has 2 heteroatoms. The lowest BCUT2D eigenvalue weighted by Crippen LogP contribution is -2.17. The maximum absolute atomic E-state index is 8.30. The lowest BCUT2D eigenvalue weighted by molar-refractivity contribution is 0.392. The van der Waals surface area contributed by atoms with Gasteiger partial charge in [-0.25, -0.2) is 0 Å². The molecule has 2 nitrogen and oxygen atoms in total. The average Bonchev–Trinajstić information content (AvgIpc) is 2.28. The molecule has 0 N–H and O–H groups in total. The van der Waals surface area contributed by atoms with Crippen molar-refractivity contribution in [3.63, 3.8) is 0 Å². The van der Waals surface area contributed by atoms with E-state index in [0.717, 1.165) is 13.1 Å². The van der Waals surface area contributed by atoms with Crippen molar-refractivity contribution in [1.82, 2.24) is 4.90 Å². The molecule has 1 rings (SSSR count). The summed E-state index contributed by atoms with van der Waals surface area (Å²) in [6.07, 6.45) is 8.70. The first-order valence-corrected chi connectivity index (χ1v) is 4.24. The summed E-state index contributed by atoms with van der Waals surface area (Å²) < 4.78 is 0. The van der Waals surface area contributed by atoms with Gasteiger partial charge in [-0.1, -0.05) is 12.8 Å².